The van der Waals surface area contributed by atoms with Crippen molar-refractivity contribution < 1.29 is 9.21 Å². The van der Waals surface area contributed by atoms with Crippen molar-refractivity contribution in [2.24, 2.45) is 10.7 Å². The first kappa shape index (κ1) is 21.5. The minimum absolute atomic E-state index is 0. The van der Waals surface area contributed by atoms with Crippen LogP contribution in [0.2, 0.25) is 0 Å². The highest BCUT2D eigenvalue weighted by molar-refractivity contribution is 14.0. The van der Waals surface area contributed by atoms with E-state index in [1.54, 1.807) is 12.1 Å². The second-order valence-corrected chi connectivity index (χ2v) is 6.96. The van der Waals surface area contributed by atoms with Crippen molar-refractivity contribution in [2.75, 3.05) is 6.54 Å². The number of aliphatic imine (C=N–C) groups is 1. The Bertz CT molecular complexity index is 711. The maximum Gasteiger partial charge on any atom is 0.284 e. The van der Waals surface area contributed by atoms with Crippen molar-refractivity contribution in [1.29, 1.82) is 0 Å². The van der Waals surface area contributed by atoms with Crippen molar-refractivity contribution >= 4 is 47.2 Å². The fourth-order valence-corrected chi connectivity index (χ4v) is 3.27. The van der Waals surface area contributed by atoms with Gasteiger partial charge in [-0.25, -0.2) is 4.99 Å². The summed E-state index contributed by atoms with van der Waals surface area (Å²) in [5.74, 6) is 0.896. The Labute approximate surface area is 169 Å². The van der Waals surface area contributed by atoms with Gasteiger partial charge in [0.2, 0.25) is 0 Å². The number of furan rings is 1. The highest BCUT2D eigenvalue weighted by atomic mass is 127. The number of nitrogens with zero attached hydrogens (tertiary/aromatic N) is 1. The summed E-state index contributed by atoms with van der Waals surface area (Å²) in [6.45, 7) is 7.36. The fourth-order valence-electron chi connectivity index (χ4n) is 2.25. The van der Waals surface area contributed by atoms with Gasteiger partial charge < -0.3 is 20.8 Å². The zero-order valence-corrected chi connectivity index (χ0v) is 17.8. The largest absolute Gasteiger partial charge is 0.454 e. The first-order valence-corrected chi connectivity index (χ1v) is 8.78. The van der Waals surface area contributed by atoms with Gasteiger partial charge in [0.25, 0.3) is 5.91 Å². The molecule has 2 aromatic heterocycles. The van der Waals surface area contributed by atoms with Crippen LogP contribution in [0, 0.1) is 6.92 Å². The third kappa shape index (κ3) is 7.07. The molecule has 0 aromatic carbocycles. The van der Waals surface area contributed by atoms with E-state index in [-0.39, 0.29) is 35.8 Å². The summed E-state index contributed by atoms with van der Waals surface area (Å²) in [5.41, 5.74) is 5.18. The Balaban J connectivity index is 0.00000312. The van der Waals surface area contributed by atoms with Crippen LogP contribution in [0.5, 0.6) is 0 Å². The monoisotopic (exact) mass is 476 g/mol. The Morgan fingerprint density at radius 2 is 2.12 bits per heavy atom. The minimum atomic E-state index is -0.574. The van der Waals surface area contributed by atoms with Gasteiger partial charge in [-0.15, -0.1) is 35.3 Å². The molecule has 0 aliphatic rings. The molecule has 0 aliphatic carbocycles. The molecule has 1 unspecified atom stereocenters. The van der Waals surface area contributed by atoms with Crippen LogP contribution < -0.4 is 16.4 Å². The summed E-state index contributed by atoms with van der Waals surface area (Å²) in [6.07, 6.45) is 0.940. The number of nitrogens with one attached hydrogen (secondary N) is 2. The lowest BCUT2D eigenvalue weighted by Crippen LogP contribution is -2.43. The molecule has 0 spiro atoms. The van der Waals surface area contributed by atoms with Gasteiger partial charge in [0.1, 0.15) is 12.3 Å². The number of halogens is 1. The Kier molecular flexibility index (Phi) is 8.98. The highest BCUT2D eigenvalue weighted by Gasteiger charge is 2.09. The number of carbonyl (C=O) groups excluding carboxylic acids is 1. The van der Waals surface area contributed by atoms with Gasteiger partial charge in [0, 0.05) is 28.8 Å². The molecule has 6 nitrogen and oxygen atoms in total. The van der Waals surface area contributed by atoms with Gasteiger partial charge in [-0.05, 0) is 45.0 Å². The second-order valence-electron chi connectivity index (χ2n) is 5.59. The number of aryl methyl sites for hydroxylation is 1. The van der Waals surface area contributed by atoms with E-state index in [1.165, 1.54) is 9.75 Å². The Hall–Kier alpha value is -1.55. The van der Waals surface area contributed by atoms with Crippen molar-refractivity contribution in [1.82, 2.24) is 10.6 Å². The van der Waals surface area contributed by atoms with Gasteiger partial charge in [-0.1, -0.05) is 0 Å². The summed E-state index contributed by atoms with van der Waals surface area (Å²) >= 11 is 1.81. The zero-order valence-electron chi connectivity index (χ0n) is 14.7. The first-order chi connectivity index (χ1) is 11.5. The van der Waals surface area contributed by atoms with Crippen LogP contribution in [0.4, 0.5) is 0 Å². The molecule has 0 saturated heterocycles. The average Bonchev–Trinajstić information content (AvgIpc) is 3.14. The topological polar surface area (TPSA) is 92.6 Å². The zero-order chi connectivity index (χ0) is 17.5. The molecule has 2 rings (SSSR count). The van der Waals surface area contributed by atoms with Crippen LogP contribution >= 0.6 is 35.3 Å². The molecule has 0 saturated carbocycles. The third-order valence-electron chi connectivity index (χ3n) is 3.33. The van der Waals surface area contributed by atoms with Crippen molar-refractivity contribution in [3.8, 4) is 0 Å². The molecule has 138 valence electrons. The molecule has 0 bridgehead atoms. The normalized spacial score (nSPS) is 12.4. The molecule has 2 aromatic rings. The molecule has 2 heterocycles. The molecule has 0 radical (unpaired) electrons. The number of guanidine groups is 1. The summed E-state index contributed by atoms with van der Waals surface area (Å²) in [6, 6.07) is 7.83. The van der Waals surface area contributed by atoms with Gasteiger partial charge in [-0.2, -0.15) is 0 Å². The molecule has 0 fully saturated rings. The van der Waals surface area contributed by atoms with Gasteiger partial charge >= 0.3 is 0 Å². The summed E-state index contributed by atoms with van der Waals surface area (Å²) in [4.78, 5) is 18.2. The smallest absolute Gasteiger partial charge is 0.284 e. The van der Waals surface area contributed by atoms with Gasteiger partial charge in [-0.3, -0.25) is 4.79 Å². The number of thiophene rings is 1. The third-order valence-corrected chi connectivity index (χ3v) is 4.35. The molecular weight excluding hydrogens is 451 g/mol. The number of nitrogens with two attached hydrogens (primary N) is 1. The van der Waals surface area contributed by atoms with Gasteiger partial charge in [0.15, 0.2) is 11.7 Å². The number of hydrogen-bond donors (Lipinski definition) is 3. The molecule has 0 aliphatic heterocycles. The van der Waals surface area contributed by atoms with E-state index in [1.807, 2.05) is 18.3 Å². The number of hydrogen-bond acceptors (Lipinski definition) is 4. The Morgan fingerprint density at radius 1 is 1.36 bits per heavy atom. The van der Waals surface area contributed by atoms with Crippen molar-refractivity contribution in [3.63, 3.8) is 0 Å². The standard InChI is InChI=1S/C17H24N4O2S.HI/c1-4-19-17(20-10-13-6-8-15(23-13)16(18)22)21-11(2)9-14-7-5-12(3)24-14;/h5-8,11H,4,9-10H2,1-3H3,(H2,18,22)(H2,19,20,21);1H. The quantitative estimate of drug-likeness (QED) is 0.326. The fraction of sp³-hybridized carbons (Fsp3) is 0.412. The first-order valence-electron chi connectivity index (χ1n) is 7.96. The van der Waals surface area contributed by atoms with E-state index in [4.69, 9.17) is 10.2 Å². The maximum absolute atomic E-state index is 11.0. The summed E-state index contributed by atoms with van der Waals surface area (Å²) < 4.78 is 5.34. The van der Waals surface area contributed by atoms with Crippen LogP contribution in [0.25, 0.3) is 0 Å². The van der Waals surface area contributed by atoms with Crippen LogP contribution in [0.15, 0.2) is 33.7 Å². The molecule has 8 heteroatoms. The molecule has 1 amide bonds. The van der Waals surface area contributed by atoms with E-state index in [2.05, 4.69) is 41.6 Å². The average molecular weight is 476 g/mol. The maximum atomic E-state index is 11.0. The molecule has 4 N–H and O–H groups in total. The molecule has 1 atom stereocenters. The van der Waals surface area contributed by atoms with E-state index in [0.717, 1.165) is 18.9 Å². The highest BCUT2D eigenvalue weighted by Crippen LogP contribution is 2.16. The number of primary amides is 1. The van der Waals surface area contributed by atoms with Crippen LogP contribution in [0.3, 0.4) is 0 Å². The molecular formula is C17H25IN4O2S. The number of amides is 1. The summed E-state index contributed by atoms with van der Waals surface area (Å²) in [5, 5.41) is 6.60. The Morgan fingerprint density at radius 3 is 2.68 bits per heavy atom. The molecule has 25 heavy (non-hydrogen) atoms. The van der Waals surface area contributed by atoms with Gasteiger partial charge in [0.05, 0.1) is 0 Å². The van der Waals surface area contributed by atoms with E-state index in [0.29, 0.717) is 12.3 Å². The minimum Gasteiger partial charge on any atom is -0.454 e. The number of carbonyl (C=O) groups is 1. The lowest BCUT2D eigenvalue weighted by molar-refractivity contribution is 0.0972. The lowest BCUT2D eigenvalue weighted by atomic mass is 10.2. The van der Waals surface area contributed by atoms with Crippen LogP contribution in [-0.4, -0.2) is 24.5 Å². The van der Waals surface area contributed by atoms with E-state index in [9.17, 15) is 4.79 Å². The second kappa shape index (κ2) is 10.4. The van der Waals surface area contributed by atoms with E-state index >= 15 is 0 Å². The predicted octanol–water partition coefficient (Wildman–Crippen LogP) is 3.05. The summed E-state index contributed by atoms with van der Waals surface area (Å²) in [7, 11) is 0. The predicted molar refractivity (Wildman–Crippen MR) is 113 cm³/mol. The lowest BCUT2D eigenvalue weighted by Gasteiger charge is -2.17. The SMILES string of the molecule is CCNC(=NCc1ccc(C(N)=O)o1)NC(C)Cc1ccc(C)s1.I. The van der Waals surface area contributed by atoms with Crippen LogP contribution in [0.1, 0.15) is 39.9 Å². The van der Waals surface area contributed by atoms with Crippen molar-refractivity contribution in [2.45, 2.75) is 39.8 Å². The van der Waals surface area contributed by atoms with E-state index < -0.39 is 5.91 Å². The number of rotatable bonds is 7. The van der Waals surface area contributed by atoms with Crippen LogP contribution in [-0.2, 0) is 13.0 Å². The van der Waals surface area contributed by atoms with Crippen molar-refractivity contribution in [3.05, 3.63) is 45.5 Å².